The number of rotatable bonds is 5. The van der Waals surface area contributed by atoms with Crippen molar-refractivity contribution < 1.29 is 4.52 Å². The lowest BCUT2D eigenvalue weighted by Gasteiger charge is -2.35. The topological polar surface area (TPSA) is 45.4 Å². The Hall–Kier alpha value is -2.02. The van der Waals surface area contributed by atoms with Crippen LogP contribution < -0.4 is 0 Å². The van der Waals surface area contributed by atoms with E-state index < -0.39 is 0 Å². The number of thiazole rings is 1. The van der Waals surface area contributed by atoms with Crippen molar-refractivity contribution in [2.24, 2.45) is 5.92 Å². The Kier molecular flexibility index (Phi) is 4.78. The average Bonchev–Trinajstić information content (AvgIpc) is 3.29. The van der Waals surface area contributed by atoms with E-state index in [9.17, 15) is 0 Å². The Bertz CT molecular complexity index is 863. The molecule has 0 aliphatic carbocycles. The van der Waals surface area contributed by atoms with Crippen molar-refractivity contribution in [1.82, 2.24) is 19.9 Å². The molecule has 1 aromatic carbocycles. The van der Waals surface area contributed by atoms with Crippen LogP contribution in [0.25, 0.3) is 11.3 Å². The largest absolute Gasteiger partial charge is 0.359 e. The summed E-state index contributed by atoms with van der Waals surface area (Å²) < 4.78 is 5.67. The lowest BCUT2D eigenvalue weighted by atomic mass is 9.95. The van der Waals surface area contributed by atoms with Crippen LogP contribution in [-0.2, 0) is 13.1 Å². The van der Waals surface area contributed by atoms with Gasteiger partial charge in [0.15, 0.2) is 5.76 Å². The van der Waals surface area contributed by atoms with E-state index in [1.54, 1.807) is 11.3 Å². The minimum absolute atomic E-state index is 0.590. The standard InChI is InChI=1S/C21H24N4OS/c1-2-4-17(5-3-1)21-8-20(26-23-21)13-25-10-16-6-7-19(25)12-24(9-16)11-18-14-27-15-22-18/h1-5,8,14-16,19H,6-7,9-13H2/t16-,19+/m1/s1. The van der Waals surface area contributed by atoms with Crippen molar-refractivity contribution in [3.05, 3.63) is 58.7 Å². The van der Waals surface area contributed by atoms with Gasteiger partial charge in [-0.2, -0.15) is 0 Å². The van der Waals surface area contributed by atoms with Gasteiger partial charge in [-0.25, -0.2) is 4.98 Å². The summed E-state index contributed by atoms with van der Waals surface area (Å²) in [6, 6.07) is 12.9. The summed E-state index contributed by atoms with van der Waals surface area (Å²) >= 11 is 1.69. The molecule has 3 fully saturated rings. The first-order valence-corrected chi connectivity index (χ1v) is 10.6. The number of benzene rings is 1. The van der Waals surface area contributed by atoms with Gasteiger partial charge in [0, 0.05) is 49.2 Å². The second-order valence-corrected chi connectivity index (χ2v) is 8.46. The molecule has 3 aliphatic heterocycles. The molecule has 5 nitrogen and oxygen atoms in total. The monoisotopic (exact) mass is 380 g/mol. The first-order chi connectivity index (χ1) is 13.3. The zero-order chi connectivity index (χ0) is 18.1. The van der Waals surface area contributed by atoms with Crippen LogP contribution in [0, 0.1) is 5.92 Å². The van der Waals surface area contributed by atoms with Gasteiger partial charge >= 0.3 is 0 Å². The fourth-order valence-corrected chi connectivity index (χ4v) is 5.03. The van der Waals surface area contributed by atoms with Crippen LogP contribution in [0.4, 0.5) is 0 Å². The second-order valence-electron chi connectivity index (χ2n) is 7.74. The van der Waals surface area contributed by atoms with Gasteiger partial charge in [0.1, 0.15) is 5.69 Å². The van der Waals surface area contributed by atoms with Crippen molar-refractivity contribution >= 4 is 11.3 Å². The third-order valence-electron chi connectivity index (χ3n) is 5.76. The normalized spacial score (nSPS) is 23.6. The highest BCUT2D eigenvalue weighted by Crippen LogP contribution is 2.30. The number of aromatic nitrogens is 2. The zero-order valence-electron chi connectivity index (χ0n) is 15.3. The molecule has 27 heavy (non-hydrogen) atoms. The van der Waals surface area contributed by atoms with E-state index in [1.165, 1.54) is 25.1 Å². The van der Waals surface area contributed by atoms with Gasteiger partial charge in [0.2, 0.25) is 0 Å². The van der Waals surface area contributed by atoms with Crippen LogP contribution in [-0.4, -0.2) is 45.6 Å². The Balaban J connectivity index is 1.27. The Labute approximate surface area is 163 Å². The van der Waals surface area contributed by atoms with E-state index in [-0.39, 0.29) is 0 Å². The maximum Gasteiger partial charge on any atom is 0.151 e. The van der Waals surface area contributed by atoms with E-state index in [1.807, 2.05) is 23.7 Å². The van der Waals surface area contributed by atoms with Gasteiger partial charge in [0.25, 0.3) is 0 Å². The molecule has 5 heterocycles. The summed E-state index contributed by atoms with van der Waals surface area (Å²) in [5, 5.41) is 6.45. The maximum atomic E-state index is 5.67. The highest BCUT2D eigenvalue weighted by molar-refractivity contribution is 7.07. The third-order valence-corrected chi connectivity index (χ3v) is 6.39. The maximum absolute atomic E-state index is 5.67. The summed E-state index contributed by atoms with van der Waals surface area (Å²) in [6.07, 6.45) is 2.61. The number of hydrogen-bond donors (Lipinski definition) is 0. The molecule has 6 heteroatoms. The highest BCUT2D eigenvalue weighted by atomic mass is 32.1. The van der Waals surface area contributed by atoms with Crippen molar-refractivity contribution in [2.75, 3.05) is 19.6 Å². The van der Waals surface area contributed by atoms with E-state index in [4.69, 9.17) is 4.52 Å². The molecule has 0 N–H and O–H groups in total. The number of piperidine rings is 1. The predicted octanol–water partition coefficient (Wildman–Crippen LogP) is 3.89. The minimum Gasteiger partial charge on any atom is -0.359 e. The molecule has 0 amide bonds. The Morgan fingerprint density at radius 3 is 2.85 bits per heavy atom. The molecule has 2 aromatic heterocycles. The molecule has 0 unspecified atom stereocenters. The van der Waals surface area contributed by atoms with Crippen molar-refractivity contribution in [2.45, 2.75) is 32.0 Å². The van der Waals surface area contributed by atoms with Crippen LogP contribution in [0.3, 0.4) is 0 Å². The molecule has 6 rings (SSSR count). The number of hydrogen-bond acceptors (Lipinski definition) is 6. The lowest BCUT2D eigenvalue weighted by molar-refractivity contribution is 0.111. The van der Waals surface area contributed by atoms with Gasteiger partial charge in [-0.1, -0.05) is 35.5 Å². The quantitative estimate of drug-likeness (QED) is 0.672. The molecule has 2 bridgehead atoms. The molecule has 3 aliphatic rings. The van der Waals surface area contributed by atoms with E-state index >= 15 is 0 Å². The summed E-state index contributed by atoms with van der Waals surface area (Å²) in [4.78, 5) is 9.66. The predicted molar refractivity (Wildman–Crippen MR) is 106 cm³/mol. The summed E-state index contributed by atoms with van der Waals surface area (Å²) in [5.74, 6) is 1.70. The number of fused-ring (bicyclic) bond motifs is 4. The fourth-order valence-electron chi connectivity index (χ4n) is 4.48. The smallest absolute Gasteiger partial charge is 0.151 e. The highest BCUT2D eigenvalue weighted by Gasteiger charge is 2.35. The van der Waals surface area contributed by atoms with E-state index in [0.29, 0.717) is 6.04 Å². The van der Waals surface area contributed by atoms with E-state index in [0.717, 1.165) is 49.1 Å². The average molecular weight is 381 g/mol. The molecule has 3 aromatic rings. The van der Waals surface area contributed by atoms with Crippen molar-refractivity contribution in [3.63, 3.8) is 0 Å². The summed E-state index contributed by atoms with van der Waals surface area (Å²) in [5.41, 5.74) is 5.17. The van der Waals surface area contributed by atoms with Crippen molar-refractivity contribution in [3.8, 4) is 11.3 Å². The van der Waals surface area contributed by atoms with E-state index in [2.05, 4.69) is 43.5 Å². The molecule has 3 saturated heterocycles. The van der Waals surface area contributed by atoms with Crippen LogP contribution >= 0.6 is 11.3 Å². The van der Waals surface area contributed by atoms with Gasteiger partial charge in [-0.15, -0.1) is 11.3 Å². The second kappa shape index (κ2) is 7.54. The lowest BCUT2D eigenvalue weighted by Crippen LogP contribution is -2.43. The third kappa shape index (κ3) is 3.83. The molecule has 140 valence electrons. The first-order valence-electron chi connectivity index (χ1n) is 9.68. The Morgan fingerprint density at radius 2 is 2.00 bits per heavy atom. The number of nitrogens with zero attached hydrogens (tertiary/aromatic N) is 4. The zero-order valence-corrected chi connectivity index (χ0v) is 16.1. The van der Waals surface area contributed by atoms with Crippen LogP contribution in [0.5, 0.6) is 0 Å². The summed E-state index contributed by atoms with van der Waals surface area (Å²) in [6.45, 7) is 5.28. The molecular formula is C21H24N4OS. The SMILES string of the molecule is c1ccc(-c2cc(CN3C[C@@H]4CC[C@H]3CN(Cc3cscn3)C4)on2)cc1. The molecule has 2 atom stereocenters. The Morgan fingerprint density at radius 1 is 1.07 bits per heavy atom. The molecule has 0 radical (unpaired) electrons. The fraction of sp³-hybridized carbons (Fsp3) is 0.429. The first kappa shape index (κ1) is 17.1. The van der Waals surface area contributed by atoms with Crippen molar-refractivity contribution in [1.29, 1.82) is 0 Å². The van der Waals surface area contributed by atoms with Crippen LogP contribution in [0.15, 0.2) is 51.8 Å². The molecule has 0 saturated carbocycles. The van der Waals surface area contributed by atoms with Crippen LogP contribution in [0.1, 0.15) is 24.3 Å². The van der Waals surface area contributed by atoms with Gasteiger partial charge in [-0.3, -0.25) is 9.80 Å². The van der Waals surface area contributed by atoms with Gasteiger partial charge in [-0.05, 0) is 18.8 Å². The molecule has 0 spiro atoms. The summed E-state index contributed by atoms with van der Waals surface area (Å²) in [7, 11) is 0. The minimum atomic E-state index is 0.590. The molecular weight excluding hydrogens is 356 g/mol. The van der Waals surface area contributed by atoms with Gasteiger partial charge < -0.3 is 4.52 Å². The van der Waals surface area contributed by atoms with Gasteiger partial charge in [0.05, 0.1) is 17.7 Å². The van der Waals surface area contributed by atoms with Crippen LogP contribution in [0.2, 0.25) is 0 Å².